The molecule has 0 aliphatic rings. The molecule has 0 N–H and O–H groups in total. The molecule has 0 amide bonds. The van der Waals surface area contributed by atoms with E-state index >= 15 is 0 Å². The molecule has 0 saturated heterocycles. The van der Waals surface area contributed by atoms with Crippen LogP contribution in [0.1, 0.15) is 16.7 Å². The minimum atomic E-state index is -3.06. The van der Waals surface area contributed by atoms with Crippen LogP contribution >= 0.6 is 0 Å². The van der Waals surface area contributed by atoms with E-state index in [1.807, 2.05) is 0 Å². The minimum absolute atomic E-state index is 0.135. The second-order valence-electron chi connectivity index (χ2n) is 7.29. The number of hydrogen-bond donors (Lipinski definition) is 0. The lowest BCUT2D eigenvalue weighted by molar-refractivity contribution is -0.385. The fourth-order valence-electron chi connectivity index (χ4n) is 3.37. The van der Waals surface area contributed by atoms with Crippen molar-refractivity contribution in [2.24, 2.45) is 0 Å². The summed E-state index contributed by atoms with van der Waals surface area (Å²) in [4.78, 5) is 16.9. The van der Waals surface area contributed by atoms with E-state index in [0.29, 0.717) is 11.1 Å². The summed E-state index contributed by atoms with van der Waals surface area (Å²) < 4.78 is 57.4. The van der Waals surface area contributed by atoms with E-state index in [0.717, 1.165) is 12.1 Å². The Labute approximate surface area is 181 Å². The number of nitro groups is 1. The van der Waals surface area contributed by atoms with Crippen molar-refractivity contribution in [3.63, 3.8) is 0 Å². The molecule has 32 heavy (non-hydrogen) atoms. The summed E-state index contributed by atoms with van der Waals surface area (Å²) in [5, 5.41) is 11.9. The van der Waals surface area contributed by atoms with Gasteiger partial charge in [-0.25, -0.2) is 13.8 Å². The Morgan fingerprint density at radius 3 is 2.34 bits per heavy atom. The zero-order valence-corrected chi connectivity index (χ0v) is 17.2. The molecule has 3 aromatic rings. The van der Waals surface area contributed by atoms with Gasteiger partial charge in [-0.2, -0.15) is 8.78 Å². The Balaban J connectivity index is 2.15. The highest BCUT2D eigenvalue weighted by atomic mass is 19.3. The average molecular weight is 449 g/mol. The van der Waals surface area contributed by atoms with Crippen molar-refractivity contribution in [3.05, 3.63) is 87.1 Å². The second kappa shape index (κ2) is 9.73. The van der Waals surface area contributed by atoms with Gasteiger partial charge in [-0.15, -0.1) is 0 Å². The van der Waals surface area contributed by atoms with Crippen LogP contribution in [0.3, 0.4) is 0 Å². The molecule has 0 aliphatic carbocycles. The number of hydrogen-bond acceptors (Lipinski definition) is 5. The number of rotatable bonds is 8. The molecule has 0 fully saturated rings. The summed E-state index contributed by atoms with van der Waals surface area (Å²) in [6, 6.07) is 9.04. The lowest BCUT2D eigenvalue weighted by Crippen LogP contribution is -2.13. The van der Waals surface area contributed by atoms with Gasteiger partial charge in [-0.1, -0.05) is 6.07 Å². The topological polar surface area (TPSA) is 68.5 Å². The molecular formula is C22H19F4N3O3. The van der Waals surface area contributed by atoms with Gasteiger partial charge in [0.25, 0.3) is 5.69 Å². The lowest BCUT2D eigenvalue weighted by Gasteiger charge is -2.15. The zero-order valence-electron chi connectivity index (χ0n) is 17.2. The van der Waals surface area contributed by atoms with E-state index < -0.39 is 23.2 Å². The van der Waals surface area contributed by atoms with E-state index in [2.05, 4.69) is 9.72 Å². The van der Waals surface area contributed by atoms with Crippen molar-refractivity contribution >= 4 is 5.69 Å². The molecule has 0 aliphatic heterocycles. The van der Waals surface area contributed by atoms with Gasteiger partial charge >= 0.3 is 6.61 Å². The highest BCUT2D eigenvalue weighted by Gasteiger charge is 2.24. The maximum Gasteiger partial charge on any atom is 0.388 e. The van der Waals surface area contributed by atoms with E-state index in [1.54, 1.807) is 19.0 Å². The summed E-state index contributed by atoms with van der Waals surface area (Å²) in [6.07, 6.45) is 1.04. The van der Waals surface area contributed by atoms with Crippen molar-refractivity contribution in [2.45, 2.75) is 19.6 Å². The number of halogens is 4. The molecule has 168 valence electrons. The van der Waals surface area contributed by atoms with Gasteiger partial charge < -0.3 is 9.64 Å². The van der Waals surface area contributed by atoms with Crippen LogP contribution in [-0.4, -0.2) is 35.5 Å². The van der Waals surface area contributed by atoms with Gasteiger partial charge in [-0.3, -0.25) is 10.1 Å². The van der Waals surface area contributed by atoms with Crippen LogP contribution in [0.4, 0.5) is 23.2 Å². The molecular weight excluding hydrogens is 430 g/mol. The van der Waals surface area contributed by atoms with Crippen molar-refractivity contribution in [1.29, 1.82) is 0 Å². The molecule has 0 spiro atoms. The molecule has 3 rings (SSSR count). The number of benzene rings is 2. The zero-order chi connectivity index (χ0) is 23.4. The molecule has 1 heterocycles. The van der Waals surface area contributed by atoms with Gasteiger partial charge in [0, 0.05) is 41.9 Å². The van der Waals surface area contributed by atoms with Gasteiger partial charge in [0.2, 0.25) is 5.88 Å². The Bertz CT molecular complexity index is 1100. The van der Waals surface area contributed by atoms with Crippen LogP contribution in [0.25, 0.3) is 11.1 Å². The number of alkyl halides is 2. The quantitative estimate of drug-likeness (QED) is 0.269. The first-order valence-electron chi connectivity index (χ1n) is 9.44. The van der Waals surface area contributed by atoms with Crippen molar-refractivity contribution in [2.75, 3.05) is 14.1 Å². The highest BCUT2D eigenvalue weighted by molar-refractivity contribution is 5.76. The van der Waals surface area contributed by atoms with Crippen LogP contribution < -0.4 is 4.74 Å². The van der Waals surface area contributed by atoms with Gasteiger partial charge in [0.05, 0.1) is 10.5 Å². The summed E-state index contributed by atoms with van der Waals surface area (Å²) in [6.45, 7) is -2.87. The van der Waals surface area contributed by atoms with Crippen LogP contribution in [0.5, 0.6) is 5.88 Å². The SMILES string of the molecule is CN(C)Cc1cc(Cc2c(F)cccc2F)cc(-c2ccc(OC(F)F)nc2)c1[N+](=O)[O-]. The Morgan fingerprint density at radius 2 is 1.81 bits per heavy atom. The normalized spacial score (nSPS) is 11.2. The number of pyridine rings is 1. The highest BCUT2D eigenvalue weighted by Crippen LogP contribution is 2.36. The second-order valence-corrected chi connectivity index (χ2v) is 7.29. The van der Waals surface area contributed by atoms with Crippen molar-refractivity contribution < 1.29 is 27.2 Å². The fourth-order valence-corrected chi connectivity index (χ4v) is 3.37. The first-order chi connectivity index (χ1) is 15.2. The third-order valence-corrected chi connectivity index (χ3v) is 4.62. The van der Waals surface area contributed by atoms with Gasteiger partial charge in [0.15, 0.2) is 0 Å². The standard InChI is InChI=1S/C22H19F4N3O3/c1-28(2)12-15-8-13(10-17-18(23)4-3-5-19(17)24)9-16(21(15)29(30)31)14-6-7-20(27-11-14)32-22(25)26/h3-9,11,22H,10,12H2,1-2H3. The van der Waals surface area contributed by atoms with Crippen LogP contribution in [0.15, 0.2) is 48.7 Å². The summed E-state index contributed by atoms with van der Waals surface area (Å²) in [5.41, 5.74) is 0.825. The Hall–Kier alpha value is -3.53. The van der Waals surface area contributed by atoms with Crippen LogP contribution in [0.2, 0.25) is 0 Å². The van der Waals surface area contributed by atoms with Crippen LogP contribution in [0, 0.1) is 21.7 Å². The molecule has 2 aromatic carbocycles. The maximum absolute atomic E-state index is 14.2. The number of ether oxygens (including phenoxy) is 1. The Kier molecular flexibility index (Phi) is 7.04. The largest absolute Gasteiger partial charge is 0.417 e. The molecule has 0 saturated carbocycles. The molecule has 10 heteroatoms. The minimum Gasteiger partial charge on any atom is -0.417 e. The molecule has 0 atom stereocenters. The summed E-state index contributed by atoms with van der Waals surface area (Å²) in [7, 11) is 3.45. The number of nitrogens with zero attached hydrogens (tertiary/aromatic N) is 3. The summed E-state index contributed by atoms with van der Waals surface area (Å²) >= 11 is 0. The number of nitro benzene ring substituents is 1. The Morgan fingerprint density at radius 1 is 1.12 bits per heavy atom. The van der Waals surface area contributed by atoms with Crippen LogP contribution in [-0.2, 0) is 13.0 Å². The van der Waals surface area contributed by atoms with Gasteiger partial charge in [-0.05, 0) is 50.0 Å². The van der Waals surface area contributed by atoms with Crippen molar-refractivity contribution in [1.82, 2.24) is 9.88 Å². The van der Waals surface area contributed by atoms with E-state index in [4.69, 9.17) is 0 Å². The number of aromatic nitrogens is 1. The first kappa shape index (κ1) is 23.1. The molecule has 0 bridgehead atoms. The maximum atomic E-state index is 14.2. The molecule has 6 nitrogen and oxygen atoms in total. The first-order valence-corrected chi connectivity index (χ1v) is 9.44. The monoisotopic (exact) mass is 449 g/mol. The molecule has 1 aromatic heterocycles. The lowest BCUT2D eigenvalue weighted by atomic mass is 9.94. The third-order valence-electron chi connectivity index (χ3n) is 4.62. The smallest absolute Gasteiger partial charge is 0.388 e. The summed E-state index contributed by atoms with van der Waals surface area (Å²) in [5.74, 6) is -1.80. The van der Waals surface area contributed by atoms with Crippen molar-refractivity contribution in [3.8, 4) is 17.0 Å². The van der Waals surface area contributed by atoms with Gasteiger partial charge in [0.1, 0.15) is 11.6 Å². The van der Waals surface area contributed by atoms with E-state index in [1.165, 1.54) is 36.5 Å². The fraction of sp³-hybridized carbons (Fsp3) is 0.227. The third kappa shape index (κ3) is 5.38. The van der Waals surface area contributed by atoms with E-state index in [9.17, 15) is 27.7 Å². The molecule has 0 radical (unpaired) electrons. The van der Waals surface area contributed by atoms with E-state index in [-0.39, 0.29) is 41.2 Å². The molecule has 0 unspecified atom stereocenters. The predicted octanol–water partition coefficient (Wildman–Crippen LogP) is 5.19. The predicted molar refractivity (Wildman–Crippen MR) is 110 cm³/mol. The average Bonchev–Trinajstić information content (AvgIpc) is 2.70.